The van der Waals surface area contributed by atoms with Crippen molar-refractivity contribution >= 4 is 12.1 Å². The van der Waals surface area contributed by atoms with E-state index in [1.807, 2.05) is 6.92 Å². The van der Waals surface area contributed by atoms with E-state index in [1.54, 1.807) is 6.08 Å². The molecule has 0 heterocycles. The molecule has 1 rings (SSSR count). The van der Waals surface area contributed by atoms with Gasteiger partial charge in [-0.05, 0) is 12.5 Å². The number of carbonyl (C=O) groups excluding carboxylic acids is 2. The van der Waals surface area contributed by atoms with Crippen LogP contribution in [0.5, 0.6) is 0 Å². The molecule has 1 saturated carbocycles. The maximum Gasteiger partial charge on any atom is 0.142 e. The Kier molecular flexibility index (Phi) is 3.37. The molecule has 0 bridgehead atoms. The molecule has 0 amide bonds. The second-order valence-corrected chi connectivity index (χ2v) is 3.35. The minimum absolute atomic E-state index is 0.105. The summed E-state index contributed by atoms with van der Waals surface area (Å²) in [5.74, 6) is -0.163. The second-order valence-electron chi connectivity index (χ2n) is 3.35. The summed E-state index contributed by atoms with van der Waals surface area (Å²) in [6, 6.07) is 0. The van der Waals surface area contributed by atoms with Gasteiger partial charge in [-0.15, -0.1) is 0 Å². The van der Waals surface area contributed by atoms with Crippen LogP contribution in [-0.2, 0) is 9.59 Å². The fraction of sp³-hybridized carbons (Fsp3) is 0.600. The van der Waals surface area contributed by atoms with Gasteiger partial charge in [0.2, 0.25) is 0 Å². The quantitative estimate of drug-likeness (QED) is 0.516. The largest absolute Gasteiger partial charge is 0.392 e. The summed E-state index contributed by atoms with van der Waals surface area (Å²) in [5, 5.41) is 9.50. The van der Waals surface area contributed by atoms with Crippen molar-refractivity contribution in [1.82, 2.24) is 0 Å². The van der Waals surface area contributed by atoms with Crippen LogP contribution in [0, 0.1) is 11.8 Å². The van der Waals surface area contributed by atoms with Crippen molar-refractivity contribution in [2.45, 2.75) is 25.9 Å². The molecular formula is C10H14O3. The van der Waals surface area contributed by atoms with Crippen LogP contribution in [0.2, 0.25) is 0 Å². The van der Waals surface area contributed by atoms with Gasteiger partial charge in [-0.3, -0.25) is 9.59 Å². The van der Waals surface area contributed by atoms with Crippen molar-refractivity contribution in [3.63, 3.8) is 0 Å². The average molecular weight is 182 g/mol. The van der Waals surface area contributed by atoms with Crippen LogP contribution in [0.3, 0.4) is 0 Å². The molecule has 0 spiro atoms. The summed E-state index contributed by atoms with van der Waals surface area (Å²) in [6.45, 7) is 1.92. The highest BCUT2D eigenvalue weighted by atomic mass is 16.3. The summed E-state index contributed by atoms with van der Waals surface area (Å²) >= 11 is 0. The molecule has 1 aliphatic carbocycles. The van der Waals surface area contributed by atoms with E-state index in [1.165, 1.54) is 6.08 Å². The Bertz CT molecular complexity index is 232. The van der Waals surface area contributed by atoms with Crippen molar-refractivity contribution in [1.29, 1.82) is 0 Å². The van der Waals surface area contributed by atoms with Gasteiger partial charge in [0, 0.05) is 18.3 Å². The summed E-state index contributed by atoms with van der Waals surface area (Å²) in [4.78, 5) is 21.4. The monoisotopic (exact) mass is 182 g/mol. The molecule has 3 heteroatoms. The van der Waals surface area contributed by atoms with E-state index in [4.69, 9.17) is 0 Å². The van der Waals surface area contributed by atoms with Gasteiger partial charge >= 0.3 is 0 Å². The Morgan fingerprint density at radius 2 is 2.31 bits per heavy atom. The lowest BCUT2D eigenvalue weighted by Crippen LogP contribution is -2.17. The fourth-order valence-corrected chi connectivity index (χ4v) is 1.91. The second kappa shape index (κ2) is 4.33. The summed E-state index contributed by atoms with van der Waals surface area (Å²) in [6.07, 6.45) is 4.01. The Hall–Kier alpha value is -0.960. The van der Waals surface area contributed by atoms with Crippen LogP contribution in [0.1, 0.15) is 19.8 Å². The molecule has 0 radical (unpaired) electrons. The first-order valence-electron chi connectivity index (χ1n) is 4.53. The van der Waals surface area contributed by atoms with Crippen LogP contribution < -0.4 is 0 Å². The van der Waals surface area contributed by atoms with E-state index < -0.39 is 6.10 Å². The molecule has 72 valence electrons. The van der Waals surface area contributed by atoms with Crippen LogP contribution in [0.4, 0.5) is 0 Å². The van der Waals surface area contributed by atoms with E-state index in [0.717, 1.165) is 6.42 Å². The van der Waals surface area contributed by atoms with E-state index >= 15 is 0 Å². The third-order valence-corrected chi connectivity index (χ3v) is 2.58. The number of carbonyl (C=O) groups is 2. The minimum atomic E-state index is -0.603. The number of ketones is 1. The standard InChI is InChI=1S/C10H14O3/c1-2-7-8(4-3-5-11)10(13)6-9(7)12/h3-5,7-8,10,13H,2,6H2,1H3/b4-3+. The highest BCUT2D eigenvalue weighted by Crippen LogP contribution is 2.32. The SMILES string of the molecule is CCC1C(=O)CC(O)C1/C=C/C=O. The molecule has 1 aliphatic rings. The van der Waals surface area contributed by atoms with Crippen LogP contribution in [-0.4, -0.2) is 23.3 Å². The van der Waals surface area contributed by atoms with Gasteiger partial charge in [-0.2, -0.15) is 0 Å². The van der Waals surface area contributed by atoms with Crippen molar-refractivity contribution < 1.29 is 14.7 Å². The molecule has 3 atom stereocenters. The molecule has 0 saturated heterocycles. The fourth-order valence-electron chi connectivity index (χ4n) is 1.91. The zero-order valence-electron chi connectivity index (χ0n) is 7.64. The summed E-state index contributed by atoms with van der Waals surface area (Å²) in [7, 11) is 0. The van der Waals surface area contributed by atoms with Gasteiger partial charge in [-0.1, -0.05) is 13.0 Å². The van der Waals surface area contributed by atoms with Gasteiger partial charge in [0.25, 0.3) is 0 Å². The van der Waals surface area contributed by atoms with Gasteiger partial charge in [0.1, 0.15) is 12.1 Å². The predicted octanol–water partition coefficient (Wildman–Crippen LogP) is 0.718. The lowest BCUT2D eigenvalue weighted by molar-refractivity contribution is -0.121. The lowest BCUT2D eigenvalue weighted by atomic mass is 9.92. The molecule has 1 fully saturated rings. The Labute approximate surface area is 77.4 Å². The number of allylic oxidation sites excluding steroid dienone is 1. The van der Waals surface area contributed by atoms with Gasteiger partial charge in [0.05, 0.1) is 6.10 Å². The first-order chi connectivity index (χ1) is 6.20. The third-order valence-electron chi connectivity index (χ3n) is 2.58. The molecule has 3 unspecified atom stereocenters. The zero-order valence-corrected chi connectivity index (χ0v) is 7.64. The average Bonchev–Trinajstić information content (AvgIpc) is 2.37. The molecule has 13 heavy (non-hydrogen) atoms. The van der Waals surface area contributed by atoms with Crippen LogP contribution in [0.15, 0.2) is 12.2 Å². The minimum Gasteiger partial charge on any atom is -0.392 e. The smallest absolute Gasteiger partial charge is 0.142 e. The van der Waals surface area contributed by atoms with E-state index in [0.29, 0.717) is 6.29 Å². The predicted molar refractivity (Wildman–Crippen MR) is 48.1 cm³/mol. The molecule has 1 N–H and O–H groups in total. The Morgan fingerprint density at radius 3 is 2.85 bits per heavy atom. The van der Waals surface area contributed by atoms with Crippen molar-refractivity contribution in [3.05, 3.63) is 12.2 Å². The first kappa shape index (κ1) is 10.1. The molecule has 0 aromatic carbocycles. The highest BCUT2D eigenvalue weighted by Gasteiger charge is 2.38. The molecule has 0 aromatic heterocycles. The molecule has 0 aliphatic heterocycles. The summed E-state index contributed by atoms with van der Waals surface area (Å²) < 4.78 is 0. The highest BCUT2D eigenvalue weighted by molar-refractivity contribution is 5.84. The number of aliphatic hydroxyl groups is 1. The molecule has 0 aromatic rings. The third kappa shape index (κ3) is 2.04. The van der Waals surface area contributed by atoms with E-state index in [9.17, 15) is 14.7 Å². The Balaban J connectivity index is 2.74. The van der Waals surface area contributed by atoms with E-state index in [-0.39, 0.29) is 24.0 Å². The molecule has 3 nitrogen and oxygen atoms in total. The van der Waals surface area contributed by atoms with Crippen molar-refractivity contribution in [2.75, 3.05) is 0 Å². The maximum atomic E-state index is 11.3. The van der Waals surface area contributed by atoms with Crippen molar-refractivity contribution in [2.24, 2.45) is 11.8 Å². The van der Waals surface area contributed by atoms with Gasteiger partial charge in [0.15, 0.2) is 0 Å². The number of aldehydes is 1. The first-order valence-corrected chi connectivity index (χ1v) is 4.53. The number of aliphatic hydroxyl groups excluding tert-OH is 1. The van der Waals surface area contributed by atoms with Crippen molar-refractivity contribution in [3.8, 4) is 0 Å². The van der Waals surface area contributed by atoms with Gasteiger partial charge in [-0.25, -0.2) is 0 Å². The summed E-state index contributed by atoms with van der Waals surface area (Å²) in [5.41, 5.74) is 0. The maximum absolute atomic E-state index is 11.3. The topological polar surface area (TPSA) is 54.4 Å². The number of Topliss-reactive ketones (excluding diaryl/α,β-unsaturated/α-hetero) is 1. The van der Waals surface area contributed by atoms with Gasteiger partial charge < -0.3 is 5.11 Å². The van der Waals surface area contributed by atoms with Crippen LogP contribution >= 0.6 is 0 Å². The van der Waals surface area contributed by atoms with Crippen LogP contribution in [0.25, 0.3) is 0 Å². The lowest BCUT2D eigenvalue weighted by Gasteiger charge is -2.14. The normalized spacial score (nSPS) is 34.3. The number of hydrogen-bond acceptors (Lipinski definition) is 3. The Morgan fingerprint density at radius 1 is 1.62 bits per heavy atom. The zero-order chi connectivity index (χ0) is 9.84. The van der Waals surface area contributed by atoms with E-state index in [2.05, 4.69) is 0 Å². The molecular weight excluding hydrogens is 168 g/mol. The number of hydrogen-bond donors (Lipinski definition) is 1. The number of rotatable bonds is 3.